The highest BCUT2D eigenvalue weighted by molar-refractivity contribution is 5.25. The van der Waals surface area contributed by atoms with Crippen LogP contribution in [0.15, 0.2) is 91.0 Å². The van der Waals surface area contributed by atoms with Crippen molar-refractivity contribution in [3.63, 3.8) is 0 Å². The maximum absolute atomic E-state index is 6.10. The van der Waals surface area contributed by atoms with Gasteiger partial charge in [0.2, 0.25) is 0 Å². The van der Waals surface area contributed by atoms with Crippen molar-refractivity contribution >= 4 is 0 Å². The van der Waals surface area contributed by atoms with E-state index < -0.39 is 0 Å². The van der Waals surface area contributed by atoms with E-state index in [4.69, 9.17) is 9.47 Å². The number of hydrogen-bond donors (Lipinski definition) is 0. The second-order valence-electron chi connectivity index (χ2n) is 4.95. The van der Waals surface area contributed by atoms with Crippen LogP contribution >= 0.6 is 0 Å². The Morgan fingerprint density at radius 2 is 1.09 bits per heavy atom. The number of rotatable bonds is 6. The zero-order chi connectivity index (χ0) is 15.0. The Labute approximate surface area is 131 Å². The average molecular weight is 290 g/mol. The van der Waals surface area contributed by atoms with Crippen molar-refractivity contribution in [1.82, 2.24) is 0 Å². The fourth-order valence-electron chi connectivity index (χ4n) is 2.22. The first kappa shape index (κ1) is 14.2. The molecule has 0 spiro atoms. The quantitative estimate of drug-likeness (QED) is 0.644. The minimum Gasteiger partial charge on any atom is -0.489 e. The lowest BCUT2D eigenvalue weighted by Crippen LogP contribution is -2.16. The average Bonchev–Trinajstić information content (AvgIpc) is 2.61. The third kappa shape index (κ3) is 3.89. The number of hydrogen-bond acceptors (Lipinski definition) is 2. The summed E-state index contributed by atoms with van der Waals surface area (Å²) in [7, 11) is 0. The van der Waals surface area contributed by atoms with Gasteiger partial charge in [0.1, 0.15) is 18.1 Å². The van der Waals surface area contributed by atoms with Crippen molar-refractivity contribution in [2.75, 3.05) is 6.61 Å². The zero-order valence-electron chi connectivity index (χ0n) is 12.3. The van der Waals surface area contributed by atoms with Gasteiger partial charge in [-0.2, -0.15) is 0 Å². The molecule has 0 bridgehead atoms. The molecule has 3 rings (SSSR count). The van der Waals surface area contributed by atoms with E-state index in [0.29, 0.717) is 6.61 Å². The molecule has 0 N–H and O–H groups in total. The first-order valence-electron chi connectivity index (χ1n) is 7.36. The van der Waals surface area contributed by atoms with Crippen LogP contribution in [0.3, 0.4) is 0 Å². The van der Waals surface area contributed by atoms with Crippen LogP contribution in [0.5, 0.6) is 11.5 Å². The van der Waals surface area contributed by atoms with Crippen LogP contribution < -0.4 is 9.47 Å². The topological polar surface area (TPSA) is 18.5 Å². The predicted molar refractivity (Wildman–Crippen MR) is 88.2 cm³/mol. The van der Waals surface area contributed by atoms with Gasteiger partial charge in [0.05, 0.1) is 0 Å². The molecule has 2 nitrogen and oxygen atoms in total. The molecule has 2 heteroatoms. The summed E-state index contributed by atoms with van der Waals surface area (Å²) in [4.78, 5) is 0. The molecular weight excluding hydrogens is 272 g/mol. The van der Waals surface area contributed by atoms with Crippen LogP contribution in [-0.4, -0.2) is 6.61 Å². The molecule has 3 aromatic carbocycles. The summed E-state index contributed by atoms with van der Waals surface area (Å²) < 4.78 is 12.0. The van der Waals surface area contributed by atoms with Crippen LogP contribution in [0.25, 0.3) is 0 Å². The number of ether oxygens (including phenoxy) is 2. The number of para-hydroxylation sites is 2. The summed E-state index contributed by atoms with van der Waals surface area (Å²) in [5, 5.41) is 0. The normalized spacial score (nSPS) is 11.6. The molecular formula is C20H18O2. The SMILES string of the molecule is c1ccc(OCC(Oc2ccccc2)c2ccccc2)cc1. The van der Waals surface area contributed by atoms with Gasteiger partial charge in [-0.1, -0.05) is 66.7 Å². The summed E-state index contributed by atoms with van der Waals surface area (Å²) in [5.74, 6) is 1.69. The van der Waals surface area contributed by atoms with Gasteiger partial charge in [0, 0.05) is 0 Å². The molecule has 0 saturated carbocycles. The van der Waals surface area contributed by atoms with Crippen molar-refractivity contribution in [2.24, 2.45) is 0 Å². The molecule has 0 fully saturated rings. The smallest absolute Gasteiger partial charge is 0.158 e. The lowest BCUT2D eigenvalue weighted by molar-refractivity contribution is 0.129. The highest BCUT2D eigenvalue weighted by Crippen LogP contribution is 2.23. The predicted octanol–water partition coefficient (Wildman–Crippen LogP) is 4.89. The van der Waals surface area contributed by atoms with Gasteiger partial charge < -0.3 is 9.47 Å². The van der Waals surface area contributed by atoms with E-state index in [-0.39, 0.29) is 6.10 Å². The summed E-state index contributed by atoms with van der Waals surface area (Å²) >= 11 is 0. The molecule has 1 atom stereocenters. The summed E-state index contributed by atoms with van der Waals surface area (Å²) in [5.41, 5.74) is 1.10. The highest BCUT2D eigenvalue weighted by Gasteiger charge is 2.14. The first-order chi connectivity index (χ1) is 10.9. The van der Waals surface area contributed by atoms with Gasteiger partial charge in [0.15, 0.2) is 6.10 Å². The van der Waals surface area contributed by atoms with Crippen LogP contribution in [0.4, 0.5) is 0 Å². The van der Waals surface area contributed by atoms with Crippen LogP contribution in [0.2, 0.25) is 0 Å². The highest BCUT2D eigenvalue weighted by atomic mass is 16.5. The Balaban J connectivity index is 1.74. The van der Waals surface area contributed by atoms with Crippen molar-refractivity contribution in [1.29, 1.82) is 0 Å². The van der Waals surface area contributed by atoms with Crippen LogP contribution in [-0.2, 0) is 0 Å². The van der Waals surface area contributed by atoms with Gasteiger partial charge in [-0.3, -0.25) is 0 Å². The molecule has 0 aromatic heterocycles. The monoisotopic (exact) mass is 290 g/mol. The zero-order valence-corrected chi connectivity index (χ0v) is 12.3. The Morgan fingerprint density at radius 1 is 0.591 bits per heavy atom. The van der Waals surface area contributed by atoms with Crippen molar-refractivity contribution in [3.05, 3.63) is 96.6 Å². The number of benzene rings is 3. The Kier molecular flexibility index (Phi) is 4.73. The molecule has 3 aromatic rings. The van der Waals surface area contributed by atoms with Crippen molar-refractivity contribution in [2.45, 2.75) is 6.10 Å². The Morgan fingerprint density at radius 3 is 1.68 bits per heavy atom. The summed E-state index contributed by atoms with van der Waals surface area (Å²) in [6.45, 7) is 0.461. The van der Waals surface area contributed by atoms with E-state index in [1.807, 2.05) is 78.9 Å². The van der Waals surface area contributed by atoms with E-state index in [9.17, 15) is 0 Å². The minimum atomic E-state index is -0.149. The molecule has 0 aliphatic heterocycles. The van der Waals surface area contributed by atoms with Gasteiger partial charge in [-0.05, 0) is 29.8 Å². The molecule has 0 amide bonds. The van der Waals surface area contributed by atoms with Gasteiger partial charge in [0.25, 0.3) is 0 Å². The maximum Gasteiger partial charge on any atom is 0.158 e. The Hall–Kier alpha value is -2.74. The molecule has 0 heterocycles. The molecule has 1 unspecified atom stereocenters. The van der Waals surface area contributed by atoms with E-state index in [2.05, 4.69) is 12.1 Å². The molecule has 0 radical (unpaired) electrons. The molecule has 0 aliphatic carbocycles. The molecule has 110 valence electrons. The fourth-order valence-corrected chi connectivity index (χ4v) is 2.22. The van der Waals surface area contributed by atoms with Crippen molar-refractivity contribution in [3.8, 4) is 11.5 Å². The lowest BCUT2D eigenvalue weighted by Gasteiger charge is -2.20. The van der Waals surface area contributed by atoms with Gasteiger partial charge in [-0.25, -0.2) is 0 Å². The van der Waals surface area contributed by atoms with E-state index >= 15 is 0 Å². The van der Waals surface area contributed by atoms with E-state index in [1.54, 1.807) is 0 Å². The molecule has 0 aliphatic rings. The third-order valence-corrected chi connectivity index (χ3v) is 3.34. The van der Waals surface area contributed by atoms with Crippen LogP contribution in [0.1, 0.15) is 11.7 Å². The first-order valence-corrected chi connectivity index (χ1v) is 7.36. The second kappa shape index (κ2) is 7.32. The van der Waals surface area contributed by atoms with Gasteiger partial charge >= 0.3 is 0 Å². The third-order valence-electron chi connectivity index (χ3n) is 3.34. The Bertz CT molecular complexity index is 666. The van der Waals surface area contributed by atoms with E-state index in [1.165, 1.54) is 0 Å². The van der Waals surface area contributed by atoms with Gasteiger partial charge in [-0.15, -0.1) is 0 Å². The minimum absolute atomic E-state index is 0.149. The van der Waals surface area contributed by atoms with E-state index in [0.717, 1.165) is 17.1 Å². The maximum atomic E-state index is 6.10. The standard InChI is InChI=1S/C20H18O2/c1-4-10-17(11-5-1)20(22-19-14-8-3-9-15-19)16-21-18-12-6-2-7-13-18/h1-15,20H,16H2. The van der Waals surface area contributed by atoms with Crippen molar-refractivity contribution < 1.29 is 9.47 Å². The summed E-state index contributed by atoms with van der Waals surface area (Å²) in [6, 6.07) is 29.8. The van der Waals surface area contributed by atoms with Crippen LogP contribution in [0, 0.1) is 0 Å². The second-order valence-corrected chi connectivity index (χ2v) is 4.95. The molecule has 22 heavy (non-hydrogen) atoms. The fraction of sp³-hybridized carbons (Fsp3) is 0.100. The lowest BCUT2D eigenvalue weighted by atomic mass is 10.1. The molecule has 0 saturated heterocycles. The summed E-state index contributed by atoms with van der Waals surface area (Å²) in [6.07, 6.45) is -0.149. The largest absolute Gasteiger partial charge is 0.489 e.